The van der Waals surface area contributed by atoms with E-state index in [1.54, 1.807) is 0 Å². The molecule has 4 aliphatic rings. The first-order valence-electron chi connectivity index (χ1n) is 9.62. The third-order valence-corrected chi connectivity index (χ3v) is 8.75. The third-order valence-electron chi connectivity index (χ3n) is 8.75. The molecule has 0 radical (unpaired) electrons. The first-order valence-corrected chi connectivity index (χ1v) is 9.62. The third kappa shape index (κ3) is 1.97. The Morgan fingerprint density at radius 2 is 1.72 bits per heavy atom. The summed E-state index contributed by atoms with van der Waals surface area (Å²) in [5, 5.41) is 54.0. The Morgan fingerprint density at radius 3 is 2.36 bits per heavy atom. The van der Waals surface area contributed by atoms with Crippen molar-refractivity contribution >= 4 is 0 Å². The average Bonchev–Trinajstić information content (AvgIpc) is 2.85. The lowest BCUT2D eigenvalue weighted by Gasteiger charge is -2.45. The second-order valence-corrected chi connectivity index (χ2v) is 9.98. The van der Waals surface area contributed by atoms with E-state index in [-0.39, 0.29) is 29.8 Å². The van der Waals surface area contributed by atoms with E-state index in [9.17, 15) is 25.5 Å². The highest BCUT2D eigenvalue weighted by atomic mass is 16.4. The number of hydrogen-bond acceptors (Lipinski definition) is 5. The van der Waals surface area contributed by atoms with Crippen LogP contribution in [0.25, 0.3) is 0 Å². The zero-order valence-corrected chi connectivity index (χ0v) is 15.3. The van der Waals surface area contributed by atoms with E-state index in [4.69, 9.17) is 0 Å². The van der Waals surface area contributed by atoms with Gasteiger partial charge in [0.05, 0.1) is 24.4 Å². The summed E-state index contributed by atoms with van der Waals surface area (Å²) in [5.74, 6) is -0.185. The minimum atomic E-state index is -1.41. The van der Waals surface area contributed by atoms with E-state index in [1.165, 1.54) is 0 Å². The predicted octanol–water partition coefficient (Wildman–Crippen LogP) is 0.975. The molecule has 8 atom stereocenters. The maximum absolute atomic E-state index is 11.6. The number of hydrogen-bond donors (Lipinski definition) is 5. The molecule has 2 bridgehead atoms. The normalized spacial score (nSPS) is 57.1. The van der Waals surface area contributed by atoms with Crippen LogP contribution in [-0.4, -0.2) is 55.5 Å². The predicted molar refractivity (Wildman–Crippen MR) is 92.5 cm³/mol. The lowest BCUT2D eigenvalue weighted by molar-refractivity contribution is -0.169. The van der Waals surface area contributed by atoms with Gasteiger partial charge in [-0.2, -0.15) is 0 Å². The van der Waals surface area contributed by atoms with Crippen molar-refractivity contribution in [1.29, 1.82) is 0 Å². The summed E-state index contributed by atoms with van der Waals surface area (Å²) in [6.07, 6.45) is 2.04. The lowest BCUT2D eigenvalue weighted by atomic mass is 9.63. The van der Waals surface area contributed by atoms with Crippen molar-refractivity contribution in [2.45, 2.75) is 75.8 Å². The van der Waals surface area contributed by atoms with Crippen molar-refractivity contribution in [3.05, 3.63) is 12.2 Å². The molecular formula is C20H32O5. The van der Waals surface area contributed by atoms with Crippen LogP contribution >= 0.6 is 0 Å². The molecular weight excluding hydrogens is 320 g/mol. The minimum absolute atomic E-state index is 0.0416. The summed E-state index contributed by atoms with van der Waals surface area (Å²) in [7, 11) is 0. The molecule has 4 fully saturated rings. The second kappa shape index (κ2) is 5.08. The summed E-state index contributed by atoms with van der Waals surface area (Å²) < 4.78 is 0. The Kier molecular flexibility index (Phi) is 3.64. The molecule has 0 amide bonds. The van der Waals surface area contributed by atoms with Gasteiger partial charge in [-0.3, -0.25) is 0 Å². The van der Waals surface area contributed by atoms with Gasteiger partial charge in [-0.15, -0.1) is 0 Å². The van der Waals surface area contributed by atoms with Gasteiger partial charge < -0.3 is 25.5 Å². The van der Waals surface area contributed by atoms with Crippen LogP contribution < -0.4 is 0 Å². The van der Waals surface area contributed by atoms with E-state index >= 15 is 0 Å². The zero-order chi connectivity index (χ0) is 18.4. The number of rotatable bonds is 1. The molecule has 0 aromatic rings. The van der Waals surface area contributed by atoms with Crippen LogP contribution in [0.2, 0.25) is 0 Å². The van der Waals surface area contributed by atoms with Crippen molar-refractivity contribution in [2.24, 2.45) is 28.6 Å². The van der Waals surface area contributed by atoms with Crippen molar-refractivity contribution < 1.29 is 25.5 Å². The van der Waals surface area contributed by atoms with Crippen molar-refractivity contribution in [2.75, 3.05) is 6.61 Å². The van der Waals surface area contributed by atoms with Gasteiger partial charge in [0.1, 0.15) is 5.60 Å². The summed E-state index contributed by atoms with van der Waals surface area (Å²) in [6.45, 7) is 7.73. The molecule has 4 rings (SSSR count). The molecule has 0 aliphatic heterocycles. The van der Waals surface area contributed by atoms with Crippen LogP contribution in [0.15, 0.2) is 12.2 Å². The summed E-state index contributed by atoms with van der Waals surface area (Å²) in [5.41, 5.74) is -2.73. The number of fused-ring (bicyclic) bond motifs is 2. The molecule has 1 spiro atoms. The van der Waals surface area contributed by atoms with Crippen LogP contribution in [0, 0.1) is 28.6 Å². The smallest absolute Gasteiger partial charge is 0.105 e. The molecule has 0 heterocycles. The molecule has 0 saturated heterocycles. The van der Waals surface area contributed by atoms with Gasteiger partial charge >= 0.3 is 0 Å². The number of aliphatic hydroxyl groups is 5. The Hall–Kier alpha value is -0.460. The monoisotopic (exact) mass is 352 g/mol. The molecule has 0 aromatic carbocycles. The first-order chi connectivity index (χ1) is 11.5. The van der Waals surface area contributed by atoms with Gasteiger partial charge in [-0.05, 0) is 55.8 Å². The van der Waals surface area contributed by atoms with Gasteiger partial charge in [0.25, 0.3) is 0 Å². The Balaban J connectivity index is 1.80. The van der Waals surface area contributed by atoms with Crippen LogP contribution in [0.1, 0.15) is 52.4 Å². The Labute approximate surface area is 149 Å². The average molecular weight is 352 g/mol. The fraction of sp³-hybridized carbons (Fsp3) is 0.900. The summed E-state index contributed by atoms with van der Waals surface area (Å²) in [4.78, 5) is 0. The van der Waals surface area contributed by atoms with Crippen LogP contribution in [0.3, 0.4) is 0 Å². The fourth-order valence-electron chi connectivity index (χ4n) is 7.17. The highest BCUT2D eigenvalue weighted by molar-refractivity contribution is 5.30. The number of aliphatic hydroxyl groups excluding tert-OH is 3. The first kappa shape index (κ1) is 17.9. The van der Waals surface area contributed by atoms with Gasteiger partial charge in [0, 0.05) is 11.3 Å². The van der Waals surface area contributed by atoms with Crippen LogP contribution in [-0.2, 0) is 0 Å². The highest BCUT2D eigenvalue weighted by Crippen LogP contribution is 2.68. The molecule has 142 valence electrons. The van der Waals surface area contributed by atoms with Crippen molar-refractivity contribution in [3.8, 4) is 0 Å². The minimum Gasteiger partial charge on any atom is -0.393 e. The summed E-state index contributed by atoms with van der Waals surface area (Å²) in [6, 6.07) is 0. The largest absolute Gasteiger partial charge is 0.393 e. The molecule has 5 heteroatoms. The maximum atomic E-state index is 11.6. The van der Waals surface area contributed by atoms with E-state index in [1.807, 2.05) is 13.8 Å². The topological polar surface area (TPSA) is 101 Å². The van der Waals surface area contributed by atoms with Crippen molar-refractivity contribution in [1.82, 2.24) is 0 Å². The van der Waals surface area contributed by atoms with Gasteiger partial charge in [-0.1, -0.05) is 26.0 Å². The van der Waals surface area contributed by atoms with Gasteiger partial charge in [0.15, 0.2) is 0 Å². The molecule has 5 nitrogen and oxygen atoms in total. The Bertz CT molecular complexity index is 603. The fourth-order valence-corrected chi connectivity index (χ4v) is 7.17. The van der Waals surface area contributed by atoms with Crippen LogP contribution in [0.4, 0.5) is 0 Å². The highest BCUT2D eigenvalue weighted by Gasteiger charge is 2.70. The molecule has 4 aliphatic carbocycles. The van der Waals surface area contributed by atoms with E-state index < -0.39 is 28.8 Å². The standard InChI is InChI=1S/C20H32O5/c1-11-13-5-4-12-7-18(13,9-19(12,24)10-21)8-16(23)20(25)14(11)6-15(22)17(20,2)3/h12-16,21-25H,1,4-10H2,2-3H3/t12-,13+,14+,15+,16-,18-,19+,20+/m1/s1. The molecule has 0 aromatic heterocycles. The quantitative estimate of drug-likeness (QED) is 0.453. The Morgan fingerprint density at radius 1 is 1.04 bits per heavy atom. The van der Waals surface area contributed by atoms with E-state index in [2.05, 4.69) is 6.58 Å². The van der Waals surface area contributed by atoms with E-state index in [0.717, 1.165) is 24.8 Å². The zero-order valence-electron chi connectivity index (χ0n) is 15.3. The van der Waals surface area contributed by atoms with Crippen LogP contribution in [0.5, 0.6) is 0 Å². The summed E-state index contributed by atoms with van der Waals surface area (Å²) >= 11 is 0. The van der Waals surface area contributed by atoms with Crippen molar-refractivity contribution in [3.63, 3.8) is 0 Å². The molecule has 5 N–H and O–H groups in total. The maximum Gasteiger partial charge on any atom is 0.105 e. The molecule has 0 unspecified atom stereocenters. The van der Waals surface area contributed by atoms with Gasteiger partial charge in [0.2, 0.25) is 0 Å². The molecule has 4 saturated carbocycles. The molecule has 25 heavy (non-hydrogen) atoms. The second-order valence-electron chi connectivity index (χ2n) is 9.98. The SMILES string of the molecule is C=C1[C@@H]2CC[C@@H]3C[C@@]2(C[C@@H](O)[C@@]2(O)[C@H]1C[C@H](O)C2(C)C)C[C@]3(O)CO. The lowest BCUT2D eigenvalue weighted by Crippen LogP contribution is -2.56. The van der Waals surface area contributed by atoms with E-state index in [0.29, 0.717) is 19.3 Å². The van der Waals surface area contributed by atoms with Gasteiger partial charge in [-0.25, -0.2) is 0 Å².